The van der Waals surface area contributed by atoms with E-state index in [0.717, 1.165) is 19.4 Å². The van der Waals surface area contributed by atoms with Crippen LogP contribution in [-0.4, -0.2) is 28.7 Å². The molecule has 0 radical (unpaired) electrons. The molecule has 0 amide bonds. The monoisotopic (exact) mass is 287 g/mol. The predicted molar refractivity (Wildman–Crippen MR) is 64.6 cm³/mol. The Balaban J connectivity index is 2.08. The van der Waals surface area contributed by atoms with E-state index in [1.807, 2.05) is 6.92 Å². The number of hydrogen-bond acceptors (Lipinski definition) is 4. The zero-order chi connectivity index (χ0) is 11.5. The molecule has 0 aromatic carbocycles. The van der Waals surface area contributed by atoms with Gasteiger partial charge in [-0.1, -0.05) is 0 Å². The maximum atomic E-state index is 11.3. The van der Waals surface area contributed by atoms with Crippen LogP contribution in [0.5, 0.6) is 0 Å². The van der Waals surface area contributed by atoms with E-state index in [4.69, 9.17) is 4.74 Å². The molecule has 88 valence electrons. The maximum Gasteiger partial charge on any atom is 0.267 e. The van der Waals surface area contributed by atoms with Crippen molar-refractivity contribution in [2.45, 2.75) is 31.9 Å². The number of hydrogen-bond donors (Lipinski definition) is 2. The Morgan fingerprint density at radius 3 is 3.25 bits per heavy atom. The normalized spacial score (nSPS) is 25.4. The summed E-state index contributed by atoms with van der Waals surface area (Å²) in [6, 6.07) is 0.314. The van der Waals surface area contributed by atoms with Crippen molar-refractivity contribution in [2.24, 2.45) is 0 Å². The molecule has 1 aromatic rings. The molecule has 2 heterocycles. The highest BCUT2D eigenvalue weighted by atomic mass is 79.9. The minimum Gasteiger partial charge on any atom is -0.378 e. The third-order valence-corrected chi connectivity index (χ3v) is 3.36. The molecule has 1 aromatic heterocycles. The van der Waals surface area contributed by atoms with Crippen LogP contribution in [0, 0.1) is 0 Å². The van der Waals surface area contributed by atoms with Gasteiger partial charge in [0.25, 0.3) is 5.56 Å². The summed E-state index contributed by atoms with van der Waals surface area (Å²) < 4.78 is 5.91. The van der Waals surface area contributed by atoms with Crippen molar-refractivity contribution in [2.75, 3.05) is 11.9 Å². The molecule has 1 saturated heterocycles. The Morgan fingerprint density at radius 2 is 2.50 bits per heavy atom. The molecule has 2 atom stereocenters. The Bertz CT molecular complexity index is 421. The Labute approximate surface area is 102 Å². The van der Waals surface area contributed by atoms with Crippen LogP contribution in [0.2, 0.25) is 0 Å². The van der Waals surface area contributed by atoms with Crippen LogP contribution >= 0.6 is 15.9 Å². The topological polar surface area (TPSA) is 67.0 Å². The molecule has 5 nitrogen and oxygen atoms in total. The first-order valence-corrected chi connectivity index (χ1v) is 6.07. The predicted octanol–water partition coefficient (Wildman–Crippen LogP) is 1.51. The van der Waals surface area contributed by atoms with Crippen LogP contribution in [-0.2, 0) is 4.74 Å². The lowest BCUT2D eigenvalue weighted by atomic mass is 10.0. The first kappa shape index (κ1) is 11.6. The fourth-order valence-corrected chi connectivity index (χ4v) is 2.14. The number of H-pyrrole nitrogens is 1. The Morgan fingerprint density at radius 1 is 1.69 bits per heavy atom. The van der Waals surface area contributed by atoms with Gasteiger partial charge in [0.1, 0.15) is 10.3 Å². The SMILES string of the molecule is CC1CC(Nc2nc[nH]c(=O)c2Br)CCO1. The summed E-state index contributed by atoms with van der Waals surface area (Å²) in [4.78, 5) is 18.0. The molecule has 0 aliphatic carbocycles. The van der Waals surface area contributed by atoms with Gasteiger partial charge >= 0.3 is 0 Å². The zero-order valence-corrected chi connectivity index (χ0v) is 10.6. The van der Waals surface area contributed by atoms with Gasteiger partial charge < -0.3 is 15.0 Å². The zero-order valence-electron chi connectivity index (χ0n) is 9.00. The van der Waals surface area contributed by atoms with E-state index < -0.39 is 0 Å². The molecule has 16 heavy (non-hydrogen) atoms. The molecule has 6 heteroatoms. The molecular formula is C10H14BrN3O2. The summed E-state index contributed by atoms with van der Waals surface area (Å²) in [5, 5.41) is 3.26. The second kappa shape index (κ2) is 4.97. The number of ether oxygens (including phenoxy) is 1. The largest absolute Gasteiger partial charge is 0.378 e. The van der Waals surface area contributed by atoms with Gasteiger partial charge in [-0.15, -0.1) is 0 Å². The third kappa shape index (κ3) is 2.62. The molecule has 2 rings (SSSR count). The maximum absolute atomic E-state index is 11.3. The summed E-state index contributed by atoms with van der Waals surface area (Å²) in [7, 11) is 0. The number of rotatable bonds is 2. The average Bonchev–Trinajstić information content (AvgIpc) is 2.25. The van der Waals surface area contributed by atoms with Crippen LogP contribution in [0.3, 0.4) is 0 Å². The highest BCUT2D eigenvalue weighted by Crippen LogP contribution is 2.20. The minimum absolute atomic E-state index is 0.169. The number of aromatic nitrogens is 2. The molecule has 0 bridgehead atoms. The van der Waals surface area contributed by atoms with Crippen LogP contribution in [0.15, 0.2) is 15.6 Å². The van der Waals surface area contributed by atoms with Crippen molar-refractivity contribution in [1.29, 1.82) is 0 Å². The molecule has 0 saturated carbocycles. The Hall–Kier alpha value is -0.880. The van der Waals surface area contributed by atoms with E-state index in [1.54, 1.807) is 0 Å². The van der Waals surface area contributed by atoms with Gasteiger partial charge in [0.05, 0.1) is 12.4 Å². The Kier molecular flexibility index (Phi) is 3.60. The van der Waals surface area contributed by atoms with E-state index in [-0.39, 0.29) is 11.7 Å². The van der Waals surface area contributed by atoms with E-state index >= 15 is 0 Å². The summed E-state index contributed by atoms with van der Waals surface area (Å²) in [5.74, 6) is 0.600. The fourth-order valence-electron chi connectivity index (χ4n) is 1.81. The molecule has 2 unspecified atom stereocenters. The van der Waals surface area contributed by atoms with Crippen molar-refractivity contribution in [3.63, 3.8) is 0 Å². The number of aromatic amines is 1. The highest BCUT2D eigenvalue weighted by molar-refractivity contribution is 9.10. The second-order valence-corrected chi connectivity index (χ2v) is 4.73. The smallest absolute Gasteiger partial charge is 0.267 e. The summed E-state index contributed by atoms with van der Waals surface area (Å²) in [5.41, 5.74) is -0.169. The fraction of sp³-hybridized carbons (Fsp3) is 0.600. The van der Waals surface area contributed by atoms with Gasteiger partial charge in [-0.3, -0.25) is 4.79 Å². The molecule has 1 aliphatic rings. The molecule has 1 aliphatic heterocycles. The first-order valence-electron chi connectivity index (χ1n) is 5.28. The van der Waals surface area contributed by atoms with Gasteiger partial charge in [-0.2, -0.15) is 0 Å². The van der Waals surface area contributed by atoms with Crippen molar-refractivity contribution in [1.82, 2.24) is 9.97 Å². The van der Waals surface area contributed by atoms with E-state index in [0.29, 0.717) is 16.3 Å². The van der Waals surface area contributed by atoms with E-state index in [2.05, 4.69) is 31.2 Å². The number of anilines is 1. The van der Waals surface area contributed by atoms with Gasteiger partial charge in [0.15, 0.2) is 0 Å². The summed E-state index contributed by atoms with van der Waals surface area (Å²) in [6.45, 7) is 2.80. The van der Waals surface area contributed by atoms with Crippen LogP contribution in [0.25, 0.3) is 0 Å². The minimum atomic E-state index is -0.169. The quantitative estimate of drug-likeness (QED) is 0.865. The van der Waals surface area contributed by atoms with Crippen LogP contribution in [0.1, 0.15) is 19.8 Å². The molecule has 1 fully saturated rings. The summed E-state index contributed by atoms with van der Waals surface area (Å²) >= 11 is 3.22. The van der Waals surface area contributed by atoms with Crippen molar-refractivity contribution in [3.05, 3.63) is 21.2 Å². The number of nitrogens with one attached hydrogen (secondary N) is 2. The van der Waals surface area contributed by atoms with Gasteiger partial charge in [0.2, 0.25) is 0 Å². The van der Waals surface area contributed by atoms with Gasteiger partial charge in [-0.05, 0) is 35.7 Å². The first-order chi connectivity index (χ1) is 7.66. The lowest BCUT2D eigenvalue weighted by Crippen LogP contribution is -2.33. The standard InChI is InChI=1S/C10H14BrN3O2/c1-6-4-7(2-3-16-6)14-9-8(11)10(15)13-5-12-9/h5-7H,2-4H2,1H3,(H2,12,13,14,15). The van der Waals surface area contributed by atoms with Crippen LogP contribution in [0.4, 0.5) is 5.82 Å². The van der Waals surface area contributed by atoms with E-state index in [9.17, 15) is 4.79 Å². The second-order valence-electron chi connectivity index (χ2n) is 3.94. The lowest BCUT2D eigenvalue weighted by Gasteiger charge is -2.28. The highest BCUT2D eigenvalue weighted by Gasteiger charge is 2.20. The summed E-state index contributed by atoms with van der Waals surface area (Å²) in [6.07, 6.45) is 3.52. The number of halogens is 1. The van der Waals surface area contributed by atoms with E-state index in [1.165, 1.54) is 6.33 Å². The lowest BCUT2D eigenvalue weighted by molar-refractivity contribution is 0.0231. The van der Waals surface area contributed by atoms with Crippen molar-refractivity contribution in [3.8, 4) is 0 Å². The van der Waals surface area contributed by atoms with Gasteiger partial charge in [0, 0.05) is 12.6 Å². The average molecular weight is 288 g/mol. The van der Waals surface area contributed by atoms with Crippen molar-refractivity contribution < 1.29 is 4.74 Å². The van der Waals surface area contributed by atoms with Crippen molar-refractivity contribution >= 4 is 21.7 Å². The third-order valence-electron chi connectivity index (χ3n) is 2.62. The van der Waals surface area contributed by atoms with Gasteiger partial charge in [-0.25, -0.2) is 4.98 Å². The molecular weight excluding hydrogens is 274 g/mol. The molecule has 2 N–H and O–H groups in total. The number of nitrogens with zero attached hydrogens (tertiary/aromatic N) is 1. The molecule has 0 spiro atoms. The van der Waals surface area contributed by atoms with Crippen LogP contribution < -0.4 is 10.9 Å².